The lowest BCUT2D eigenvalue weighted by Gasteiger charge is -2.26. The number of carbonyl (C=O) groups is 3. The van der Waals surface area contributed by atoms with Crippen molar-refractivity contribution in [1.29, 1.82) is 0 Å². The molecule has 0 radical (unpaired) electrons. The van der Waals surface area contributed by atoms with Gasteiger partial charge in [-0.1, -0.05) is 18.1 Å². The van der Waals surface area contributed by atoms with Crippen LogP contribution in [0.1, 0.15) is 60.8 Å². The molecule has 3 aliphatic carbocycles. The minimum absolute atomic E-state index is 0.0432. The number of carboxylic acids is 1. The van der Waals surface area contributed by atoms with E-state index in [1.54, 1.807) is 11.3 Å². The summed E-state index contributed by atoms with van der Waals surface area (Å²) in [6, 6.07) is 0. The van der Waals surface area contributed by atoms with Crippen molar-refractivity contribution in [3.05, 3.63) is 32.5 Å². The van der Waals surface area contributed by atoms with Gasteiger partial charge in [0.25, 0.3) is 5.91 Å². The molecule has 0 spiro atoms. The van der Waals surface area contributed by atoms with E-state index in [9.17, 15) is 19.5 Å². The van der Waals surface area contributed by atoms with Crippen LogP contribution in [0.5, 0.6) is 0 Å². The fourth-order valence-electron chi connectivity index (χ4n) is 5.74. The summed E-state index contributed by atoms with van der Waals surface area (Å²) in [6.07, 6.45) is 4.59. The zero-order valence-corrected chi connectivity index (χ0v) is 17.9. The number of allylic oxidation sites excluding steroid dienone is 2. The second-order valence-corrected chi connectivity index (χ2v) is 9.94. The van der Waals surface area contributed by atoms with Crippen molar-refractivity contribution in [2.75, 3.05) is 0 Å². The summed E-state index contributed by atoms with van der Waals surface area (Å²) in [4.78, 5) is 38.8. The summed E-state index contributed by atoms with van der Waals surface area (Å²) in [7, 11) is 0. The first kappa shape index (κ1) is 20.1. The molecule has 2 fully saturated rings. The summed E-state index contributed by atoms with van der Waals surface area (Å²) >= 11 is 1.60. The molecule has 29 heavy (non-hydrogen) atoms. The van der Waals surface area contributed by atoms with Crippen LogP contribution in [0.3, 0.4) is 0 Å². The molecule has 4 rings (SSSR count). The fourth-order valence-corrected chi connectivity index (χ4v) is 6.99. The summed E-state index contributed by atoms with van der Waals surface area (Å²) in [5, 5.41) is 11.6. The minimum atomic E-state index is -0.927. The van der Waals surface area contributed by atoms with Crippen LogP contribution in [0.4, 0.5) is 0 Å². The van der Waals surface area contributed by atoms with Crippen molar-refractivity contribution in [3.8, 4) is 0 Å². The monoisotopic (exact) mass is 416 g/mol. The molecular weight excluding hydrogens is 388 g/mol. The molecule has 0 aromatic carbocycles. The molecule has 156 valence electrons. The molecule has 0 unspecified atom stereocenters. The number of hydrogen-bond acceptors (Lipinski definition) is 4. The standard InChI is InChI=1S/C22H28N2O4S/c1-10(2)17-13-6-7-14(17)19(22(27)28)18(13)21(26)24-23-20(25)15-9-29-16-8-11(3)4-5-12(15)16/h9,11,13-14,18-19H,4-8H2,1-3H3,(H,23,25)(H,24,26)(H,27,28)/t11-,13+,14+,18+,19-/m0/s1. The molecule has 3 aliphatic rings. The van der Waals surface area contributed by atoms with Gasteiger partial charge in [-0.3, -0.25) is 25.2 Å². The van der Waals surface area contributed by atoms with Crippen LogP contribution in [0, 0.1) is 29.6 Å². The highest BCUT2D eigenvalue weighted by Gasteiger charge is 2.57. The van der Waals surface area contributed by atoms with Crippen molar-refractivity contribution in [2.45, 2.75) is 52.9 Å². The van der Waals surface area contributed by atoms with Gasteiger partial charge in [0, 0.05) is 10.3 Å². The molecule has 7 heteroatoms. The van der Waals surface area contributed by atoms with Crippen LogP contribution >= 0.6 is 11.3 Å². The average molecular weight is 417 g/mol. The number of aliphatic carboxylic acids is 1. The Labute approximate surface area is 174 Å². The molecule has 1 heterocycles. The van der Waals surface area contributed by atoms with Gasteiger partial charge in [0.1, 0.15) is 0 Å². The van der Waals surface area contributed by atoms with Gasteiger partial charge in [0.2, 0.25) is 5.91 Å². The summed E-state index contributed by atoms with van der Waals surface area (Å²) in [5.41, 5.74) is 9.05. The largest absolute Gasteiger partial charge is 0.481 e. The Kier molecular flexibility index (Phi) is 5.27. The van der Waals surface area contributed by atoms with E-state index < -0.39 is 23.7 Å². The van der Waals surface area contributed by atoms with E-state index in [1.165, 1.54) is 4.88 Å². The number of hydrogen-bond donors (Lipinski definition) is 3. The lowest BCUT2D eigenvalue weighted by Crippen LogP contribution is -2.48. The van der Waals surface area contributed by atoms with Gasteiger partial charge in [-0.2, -0.15) is 0 Å². The zero-order chi connectivity index (χ0) is 20.9. The van der Waals surface area contributed by atoms with E-state index >= 15 is 0 Å². The Morgan fingerprint density at radius 2 is 1.76 bits per heavy atom. The quantitative estimate of drug-likeness (QED) is 0.520. The minimum Gasteiger partial charge on any atom is -0.481 e. The highest BCUT2D eigenvalue weighted by molar-refractivity contribution is 7.10. The Morgan fingerprint density at radius 3 is 2.41 bits per heavy atom. The maximum Gasteiger partial charge on any atom is 0.307 e. The van der Waals surface area contributed by atoms with E-state index in [0.29, 0.717) is 11.5 Å². The van der Waals surface area contributed by atoms with Crippen molar-refractivity contribution in [2.24, 2.45) is 29.6 Å². The highest BCUT2D eigenvalue weighted by Crippen LogP contribution is 2.57. The predicted octanol–water partition coefficient (Wildman–Crippen LogP) is 3.33. The first-order valence-corrected chi connectivity index (χ1v) is 11.3. The molecule has 5 atom stereocenters. The van der Waals surface area contributed by atoms with Crippen molar-refractivity contribution >= 4 is 29.1 Å². The number of carbonyl (C=O) groups excluding carboxylic acids is 2. The molecule has 6 nitrogen and oxygen atoms in total. The van der Waals surface area contributed by atoms with Gasteiger partial charge in [-0.15, -0.1) is 11.3 Å². The number of amides is 2. The smallest absolute Gasteiger partial charge is 0.307 e. The average Bonchev–Trinajstić information content (AvgIpc) is 3.36. The first-order valence-electron chi connectivity index (χ1n) is 10.4. The number of fused-ring (bicyclic) bond motifs is 3. The Morgan fingerprint density at radius 1 is 1.07 bits per heavy atom. The normalized spacial score (nSPS) is 30.0. The molecule has 3 N–H and O–H groups in total. The first-order chi connectivity index (χ1) is 13.8. The van der Waals surface area contributed by atoms with Crippen molar-refractivity contribution < 1.29 is 19.5 Å². The van der Waals surface area contributed by atoms with Crippen LogP contribution in [-0.4, -0.2) is 22.9 Å². The van der Waals surface area contributed by atoms with Gasteiger partial charge >= 0.3 is 5.97 Å². The van der Waals surface area contributed by atoms with Gasteiger partial charge in [0.15, 0.2) is 0 Å². The third kappa shape index (κ3) is 3.39. The van der Waals surface area contributed by atoms with Crippen LogP contribution in [-0.2, 0) is 22.4 Å². The van der Waals surface area contributed by atoms with Crippen LogP contribution in [0.25, 0.3) is 0 Å². The van der Waals surface area contributed by atoms with Gasteiger partial charge in [-0.05, 0) is 69.3 Å². The van der Waals surface area contributed by atoms with Gasteiger partial charge < -0.3 is 5.11 Å². The van der Waals surface area contributed by atoms with Gasteiger partial charge in [-0.25, -0.2) is 0 Å². The van der Waals surface area contributed by atoms with E-state index in [-0.39, 0.29) is 17.7 Å². The molecule has 1 aromatic rings. The fraction of sp³-hybridized carbons (Fsp3) is 0.591. The number of hydrazine groups is 1. The lowest BCUT2D eigenvalue weighted by atomic mass is 9.79. The third-order valence-electron chi connectivity index (χ3n) is 6.95. The molecule has 2 bridgehead atoms. The third-order valence-corrected chi connectivity index (χ3v) is 8.00. The van der Waals surface area contributed by atoms with Gasteiger partial charge in [0.05, 0.1) is 17.4 Å². The molecule has 0 aliphatic heterocycles. The summed E-state index contributed by atoms with van der Waals surface area (Å²) in [6.45, 7) is 6.20. The van der Waals surface area contributed by atoms with E-state index in [1.807, 2.05) is 19.2 Å². The summed E-state index contributed by atoms with van der Waals surface area (Å²) < 4.78 is 0. The maximum atomic E-state index is 12.9. The topological polar surface area (TPSA) is 95.5 Å². The Hall–Kier alpha value is -2.15. The van der Waals surface area contributed by atoms with E-state index in [4.69, 9.17) is 0 Å². The molecule has 0 saturated heterocycles. The van der Waals surface area contributed by atoms with Crippen molar-refractivity contribution in [3.63, 3.8) is 0 Å². The zero-order valence-electron chi connectivity index (χ0n) is 17.1. The number of nitrogens with one attached hydrogen (secondary N) is 2. The molecule has 2 saturated carbocycles. The van der Waals surface area contributed by atoms with Crippen LogP contribution in [0.2, 0.25) is 0 Å². The Bertz CT molecular complexity index is 899. The summed E-state index contributed by atoms with van der Waals surface area (Å²) in [5.74, 6) is -2.47. The molecule has 1 aromatic heterocycles. The maximum absolute atomic E-state index is 12.9. The molecule has 2 amide bonds. The van der Waals surface area contributed by atoms with E-state index in [0.717, 1.165) is 48.8 Å². The van der Waals surface area contributed by atoms with Crippen molar-refractivity contribution in [1.82, 2.24) is 10.9 Å². The lowest BCUT2D eigenvalue weighted by molar-refractivity contribution is -0.149. The number of rotatable bonds is 3. The molecular formula is C22H28N2O4S. The number of carboxylic acid groups (broad SMARTS) is 1. The highest BCUT2D eigenvalue weighted by atomic mass is 32.1. The predicted molar refractivity (Wildman–Crippen MR) is 110 cm³/mol. The Balaban J connectivity index is 1.47. The van der Waals surface area contributed by atoms with E-state index in [2.05, 4.69) is 17.8 Å². The van der Waals surface area contributed by atoms with Crippen LogP contribution < -0.4 is 10.9 Å². The second-order valence-electron chi connectivity index (χ2n) is 8.98. The number of thiophene rings is 1. The SMILES string of the molecule is CC(C)=C1[C@H]2CC[C@H]1[C@@H](C(=O)NNC(=O)c1csc3c1CC[C@H](C)C3)[C@H]2C(=O)O. The second kappa shape index (κ2) is 7.59. The van der Waals surface area contributed by atoms with Crippen LogP contribution in [0.15, 0.2) is 16.5 Å².